The van der Waals surface area contributed by atoms with Gasteiger partial charge in [-0.25, -0.2) is 4.79 Å². The third-order valence-corrected chi connectivity index (χ3v) is 16.2. The maximum absolute atomic E-state index is 14.3. The molecule has 2 atom stereocenters. The van der Waals surface area contributed by atoms with E-state index in [1.54, 1.807) is 56.2 Å². The number of methoxy groups -OCH3 is 3. The van der Waals surface area contributed by atoms with Gasteiger partial charge in [0.1, 0.15) is 13.2 Å². The van der Waals surface area contributed by atoms with Crippen LogP contribution < -0.4 is 39.0 Å². The molecule has 4 amide bonds. The number of aliphatic imine (C=N–C) groups is 1. The van der Waals surface area contributed by atoms with Crippen LogP contribution in [0, 0.1) is 0 Å². The van der Waals surface area contributed by atoms with Crippen LogP contribution in [0.3, 0.4) is 0 Å². The molecule has 5 heterocycles. The number of hydrogen-bond donors (Lipinski definition) is 1. The third kappa shape index (κ3) is 12.9. The highest BCUT2D eigenvalue weighted by Crippen LogP contribution is 2.43. The molecule has 0 aliphatic carbocycles. The van der Waals surface area contributed by atoms with Crippen molar-refractivity contribution in [1.82, 2.24) is 5.06 Å². The van der Waals surface area contributed by atoms with Gasteiger partial charge >= 0.3 is 5.97 Å². The molecule has 0 saturated carbocycles. The summed E-state index contributed by atoms with van der Waals surface area (Å²) in [6.07, 6.45) is 3.80. The fourth-order valence-corrected chi connectivity index (χ4v) is 11.9. The van der Waals surface area contributed by atoms with Crippen molar-refractivity contribution < 1.29 is 62.0 Å². The Hall–Kier alpha value is -7.65. The number of fused-ring (bicyclic) bond motifs is 8. The first-order chi connectivity index (χ1) is 39.3. The van der Waals surface area contributed by atoms with Crippen molar-refractivity contribution >= 4 is 76.0 Å². The van der Waals surface area contributed by atoms with Gasteiger partial charge in [-0.15, -0.1) is 5.06 Å². The lowest BCUT2D eigenvalue weighted by Gasteiger charge is -2.34. The molecule has 0 aromatic heterocycles. The molecule has 81 heavy (non-hydrogen) atoms. The van der Waals surface area contributed by atoms with Gasteiger partial charge in [0, 0.05) is 92.6 Å². The maximum atomic E-state index is 14.3. The third-order valence-electron chi connectivity index (χ3n) is 14.8. The zero-order valence-corrected chi connectivity index (χ0v) is 47.2. The van der Waals surface area contributed by atoms with Crippen molar-refractivity contribution in [2.45, 2.75) is 82.4 Å². The number of imide groups is 1. The number of nitrogens with zero attached hydrogens (tertiary/aromatic N) is 5. The average Bonchev–Trinajstić information content (AvgIpc) is 4.22. The number of hydroxylamine groups is 2. The van der Waals surface area contributed by atoms with E-state index in [0.29, 0.717) is 122 Å². The first kappa shape index (κ1) is 56.6. The molecule has 0 spiro atoms. The van der Waals surface area contributed by atoms with Crippen molar-refractivity contribution in [3.8, 4) is 23.0 Å². The van der Waals surface area contributed by atoms with Crippen LogP contribution in [0.15, 0.2) is 96.0 Å². The summed E-state index contributed by atoms with van der Waals surface area (Å²) in [6, 6.07) is 28.9. The average molecular weight is 1130 g/mol. The zero-order valence-electron chi connectivity index (χ0n) is 46.4. The van der Waals surface area contributed by atoms with Gasteiger partial charge in [-0.05, 0) is 97.2 Å². The van der Waals surface area contributed by atoms with E-state index in [1.807, 2.05) is 65.7 Å². The maximum Gasteiger partial charge on any atom is 0.333 e. The summed E-state index contributed by atoms with van der Waals surface area (Å²) in [4.78, 5) is 81.2. The largest absolute Gasteiger partial charge is 0.493 e. The van der Waals surface area contributed by atoms with Crippen molar-refractivity contribution in [3.05, 3.63) is 124 Å². The van der Waals surface area contributed by atoms with Crippen LogP contribution >= 0.6 is 11.8 Å². The standard InChI is InChI=1S/C61H68N6O13S/c1-61(2,81-24-10-15-58(70)80-67-56(68)16-17-57(67)69)38-64(18-19-76-22-23-77-21-20-73-3)43-26-39(36-78-54-32-48-46(30-52(54)74-4)59(71)65-44(34-62-48)28-41-11-6-8-13-50(41)65)25-40(27-43)37-79-55-33-49-47(31-53(55)75-5)60(72)66-45(35-63-49)29-42-12-7-9-14-51(42)66/h6-9,11-14,25-27,30-34,44-45,63H,10,15-24,28-29,35-38H2,1-5H3/t44-,45-/m0/s1. The molecule has 5 aromatic rings. The number of benzene rings is 5. The van der Waals surface area contributed by atoms with Gasteiger partial charge in [0.05, 0.1) is 81.8 Å². The van der Waals surface area contributed by atoms with Gasteiger partial charge in [0.2, 0.25) is 0 Å². The van der Waals surface area contributed by atoms with E-state index in [1.165, 1.54) is 0 Å². The second kappa shape index (κ2) is 25.4. The van der Waals surface area contributed by atoms with Gasteiger partial charge in [-0.2, -0.15) is 11.8 Å². The van der Waals surface area contributed by atoms with E-state index in [0.717, 1.165) is 45.7 Å². The van der Waals surface area contributed by atoms with Gasteiger partial charge in [-0.1, -0.05) is 36.4 Å². The molecule has 0 radical (unpaired) electrons. The zero-order chi connectivity index (χ0) is 56.6. The summed E-state index contributed by atoms with van der Waals surface area (Å²) in [5, 5.41) is 4.11. The summed E-state index contributed by atoms with van der Waals surface area (Å²) in [7, 11) is 4.73. The van der Waals surface area contributed by atoms with Gasteiger partial charge in [0.15, 0.2) is 23.0 Å². The highest BCUT2D eigenvalue weighted by molar-refractivity contribution is 8.00. The van der Waals surface area contributed by atoms with E-state index in [4.69, 9.17) is 43.0 Å². The Morgan fingerprint density at radius 2 is 1.33 bits per heavy atom. The number of nitrogens with one attached hydrogen (secondary N) is 1. The van der Waals surface area contributed by atoms with Crippen molar-refractivity contribution in [1.29, 1.82) is 0 Å². The van der Waals surface area contributed by atoms with E-state index < -0.39 is 17.8 Å². The summed E-state index contributed by atoms with van der Waals surface area (Å²) in [5.74, 6) is 0.309. The van der Waals surface area contributed by atoms with E-state index >= 15 is 0 Å². The predicted octanol–water partition coefficient (Wildman–Crippen LogP) is 8.53. The first-order valence-electron chi connectivity index (χ1n) is 27.3. The summed E-state index contributed by atoms with van der Waals surface area (Å²) in [5.41, 5.74) is 8.52. The van der Waals surface area contributed by atoms with Gasteiger partial charge in [0.25, 0.3) is 23.6 Å². The predicted molar refractivity (Wildman–Crippen MR) is 308 cm³/mol. The molecule has 5 aliphatic heterocycles. The number of thioether (sulfide) groups is 1. The number of carbonyl (C=O) groups is 5. The Morgan fingerprint density at radius 1 is 0.716 bits per heavy atom. The lowest BCUT2D eigenvalue weighted by molar-refractivity contribution is -0.197. The molecule has 1 saturated heterocycles. The first-order valence-corrected chi connectivity index (χ1v) is 28.3. The Labute approximate surface area is 475 Å². The number of amides is 4. The van der Waals surface area contributed by atoms with Gasteiger partial charge in [-0.3, -0.25) is 29.1 Å². The van der Waals surface area contributed by atoms with E-state index in [9.17, 15) is 24.0 Å². The van der Waals surface area contributed by atoms with Crippen molar-refractivity contribution in [3.63, 3.8) is 0 Å². The fourth-order valence-electron chi connectivity index (χ4n) is 10.8. The molecule has 10 rings (SSSR count). The van der Waals surface area contributed by atoms with E-state index in [2.05, 4.69) is 42.3 Å². The minimum Gasteiger partial charge on any atom is -0.493 e. The smallest absolute Gasteiger partial charge is 0.333 e. The topological polar surface area (TPSA) is 197 Å². The second-order valence-corrected chi connectivity index (χ2v) is 22.7. The molecular formula is C61H68N6O13S. The lowest BCUT2D eigenvalue weighted by Crippen LogP contribution is -2.39. The number of carbonyl (C=O) groups excluding carboxylic acids is 5. The molecule has 5 aromatic carbocycles. The molecule has 19 nitrogen and oxygen atoms in total. The Bertz CT molecular complexity index is 3190. The molecule has 20 heteroatoms. The Morgan fingerprint density at radius 3 is 2.02 bits per heavy atom. The molecule has 1 fully saturated rings. The Kier molecular flexibility index (Phi) is 17.8. The van der Waals surface area contributed by atoms with Crippen LogP contribution in [-0.4, -0.2) is 137 Å². The van der Waals surface area contributed by atoms with Crippen LogP contribution in [0.1, 0.15) is 82.5 Å². The number of anilines is 4. The molecule has 1 N–H and O–H groups in total. The monoisotopic (exact) mass is 1120 g/mol. The van der Waals surface area contributed by atoms with Crippen molar-refractivity contribution in [2.75, 3.05) is 99.8 Å². The van der Waals surface area contributed by atoms with Crippen LogP contribution in [0.4, 0.5) is 28.4 Å². The molecular weight excluding hydrogens is 1060 g/mol. The number of para-hydroxylation sites is 2. The van der Waals surface area contributed by atoms with Crippen LogP contribution in [0.25, 0.3) is 0 Å². The van der Waals surface area contributed by atoms with Crippen LogP contribution in [-0.2, 0) is 59.5 Å². The number of hydrogen-bond acceptors (Lipinski definition) is 17. The van der Waals surface area contributed by atoms with Crippen LogP contribution in [0.5, 0.6) is 23.0 Å². The summed E-state index contributed by atoms with van der Waals surface area (Å²) < 4.78 is 41.7. The van der Waals surface area contributed by atoms with Crippen LogP contribution in [0.2, 0.25) is 0 Å². The molecule has 426 valence electrons. The fraction of sp³-hybridized carbons (Fsp3) is 0.410. The number of rotatable bonds is 26. The quantitative estimate of drug-likeness (QED) is 0.0408. The Balaban J connectivity index is 0.918. The SMILES string of the molecule is COCCOCCOCCN(CC(C)(C)SCCCC(=O)ON1C(=O)CCC1=O)c1cc(COc2cc3c(cc2OC)C(=O)N2c4ccccc4C[C@H]2C=N3)cc(COc2cc3c(cc2OC)C(=O)N2c4ccccc4C[C@H]2CN3)c1. The molecule has 0 unspecified atom stereocenters. The minimum atomic E-state index is -0.633. The second-order valence-electron chi connectivity index (χ2n) is 20.9. The lowest BCUT2D eigenvalue weighted by atomic mass is 10.1. The molecule has 5 aliphatic rings. The minimum absolute atomic E-state index is 0.0300. The van der Waals surface area contributed by atoms with Crippen molar-refractivity contribution in [2.24, 2.45) is 4.99 Å². The summed E-state index contributed by atoms with van der Waals surface area (Å²) >= 11 is 1.69. The summed E-state index contributed by atoms with van der Waals surface area (Å²) in [6.45, 7) is 8.17. The van der Waals surface area contributed by atoms with E-state index in [-0.39, 0.29) is 61.1 Å². The highest BCUT2D eigenvalue weighted by Gasteiger charge is 2.39. The van der Waals surface area contributed by atoms with Gasteiger partial charge < -0.3 is 53.1 Å². The normalized spacial score (nSPS) is 16.9. The highest BCUT2D eigenvalue weighted by atomic mass is 32.2. The number of ether oxygens (including phenoxy) is 7. The molecule has 0 bridgehead atoms.